The molecule has 1 aliphatic heterocycles. The molecule has 6 heteroatoms. The summed E-state index contributed by atoms with van der Waals surface area (Å²) in [5.41, 5.74) is 3.91. The SMILES string of the molecule is CC(C)(C)OC(=O)NN1Cc2ccccc2CC1C(=O)O. The van der Waals surface area contributed by atoms with Gasteiger partial charge in [-0.05, 0) is 31.9 Å². The van der Waals surface area contributed by atoms with Gasteiger partial charge in [-0.2, -0.15) is 5.01 Å². The Kier molecular flexibility index (Phi) is 4.18. The normalized spacial score (nSPS) is 18.7. The van der Waals surface area contributed by atoms with E-state index in [1.165, 1.54) is 5.01 Å². The molecule has 2 rings (SSSR count). The van der Waals surface area contributed by atoms with E-state index in [1.807, 2.05) is 24.3 Å². The maximum absolute atomic E-state index is 11.8. The van der Waals surface area contributed by atoms with E-state index in [2.05, 4.69) is 5.43 Å². The van der Waals surface area contributed by atoms with Crippen LogP contribution in [0.1, 0.15) is 31.9 Å². The zero-order valence-electron chi connectivity index (χ0n) is 12.4. The van der Waals surface area contributed by atoms with Gasteiger partial charge in [0.1, 0.15) is 11.6 Å². The smallest absolute Gasteiger partial charge is 0.422 e. The first kappa shape index (κ1) is 15.3. The van der Waals surface area contributed by atoms with Crippen molar-refractivity contribution < 1.29 is 19.4 Å². The van der Waals surface area contributed by atoms with Crippen LogP contribution in [0.15, 0.2) is 24.3 Å². The number of nitrogens with one attached hydrogen (secondary N) is 1. The standard InChI is InChI=1S/C15H20N2O4/c1-15(2,3)21-14(20)16-17-9-11-7-5-4-6-10(11)8-12(17)13(18)19/h4-7,12H,8-9H2,1-3H3,(H,16,20)(H,18,19). The van der Waals surface area contributed by atoms with Gasteiger partial charge in [0.15, 0.2) is 0 Å². The highest BCUT2D eigenvalue weighted by Crippen LogP contribution is 2.22. The van der Waals surface area contributed by atoms with Crippen LogP contribution < -0.4 is 5.43 Å². The Bertz CT molecular complexity index is 551. The number of aliphatic carboxylic acids is 1. The molecule has 1 aliphatic rings. The first-order valence-electron chi connectivity index (χ1n) is 6.82. The van der Waals surface area contributed by atoms with Crippen LogP contribution in [0.4, 0.5) is 4.79 Å². The van der Waals surface area contributed by atoms with Crippen molar-refractivity contribution in [2.24, 2.45) is 0 Å². The first-order valence-corrected chi connectivity index (χ1v) is 6.82. The Labute approximate surface area is 123 Å². The van der Waals surface area contributed by atoms with Gasteiger partial charge >= 0.3 is 12.1 Å². The fourth-order valence-corrected chi connectivity index (χ4v) is 2.28. The molecule has 114 valence electrons. The third-order valence-electron chi connectivity index (χ3n) is 3.17. The summed E-state index contributed by atoms with van der Waals surface area (Å²) < 4.78 is 5.17. The van der Waals surface area contributed by atoms with E-state index in [-0.39, 0.29) is 0 Å². The van der Waals surface area contributed by atoms with Gasteiger partial charge in [0.25, 0.3) is 0 Å². The molecule has 2 N–H and O–H groups in total. The molecule has 1 atom stereocenters. The quantitative estimate of drug-likeness (QED) is 0.871. The molecule has 6 nitrogen and oxygen atoms in total. The van der Waals surface area contributed by atoms with E-state index in [4.69, 9.17) is 4.74 Å². The highest BCUT2D eigenvalue weighted by molar-refractivity contribution is 5.75. The molecule has 0 aromatic heterocycles. The van der Waals surface area contributed by atoms with Gasteiger partial charge in [-0.1, -0.05) is 24.3 Å². The van der Waals surface area contributed by atoms with Gasteiger partial charge in [0.2, 0.25) is 0 Å². The van der Waals surface area contributed by atoms with Gasteiger partial charge in [0, 0.05) is 13.0 Å². The van der Waals surface area contributed by atoms with E-state index in [1.54, 1.807) is 20.8 Å². The molecule has 0 saturated heterocycles. The van der Waals surface area contributed by atoms with Crippen LogP contribution in [-0.4, -0.2) is 33.8 Å². The molecule has 0 spiro atoms. The van der Waals surface area contributed by atoms with E-state index in [9.17, 15) is 14.7 Å². The predicted octanol–water partition coefficient (Wildman–Crippen LogP) is 1.94. The summed E-state index contributed by atoms with van der Waals surface area (Å²) >= 11 is 0. The third-order valence-corrected chi connectivity index (χ3v) is 3.17. The van der Waals surface area contributed by atoms with Gasteiger partial charge in [-0.15, -0.1) is 0 Å². The molecule has 0 saturated carbocycles. The number of amides is 1. The van der Waals surface area contributed by atoms with Crippen LogP contribution in [0, 0.1) is 0 Å². The maximum Gasteiger partial charge on any atom is 0.422 e. The van der Waals surface area contributed by atoms with Crippen LogP contribution in [0.5, 0.6) is 0 Å². The number of hydrogen-bond donors (Lipinski definition) is 2. The van der Waals surface area contributed by atoms with Gasteiger partial charge < -0.3 is 9.84 Å². The lowest BCUT2D eigenvalue weighted by atomic mass is 9.95. The lowest BCUT2D eigenvalue weighted by Crippen LogP contribution is -2.55. The fourth-order valence-electron chi connectivity index (χ4n) is 2.28. The number of fused-ring (bicyclic) bond motifs is 1. The number of benzene rings is 1. The number of hydrazine groups is 1. The summed E-state index contributed by atoms with van der Waals surface area (Å²) in [7, 11) is 0. The minimum atomic E-state index is -0.972. The number of hydrogen-bond acceptors (Lipinski definition) is 4. The Hall–Kier alpha value is -2.08. The second kappa shape index (κ2) is 5.73. The van der Waals surface area contributed by atoms with Gasteiger partial charge in [-0.25, -0.2) is 4.79 Å². The largest absolute Gasteiger partial charge is 0.480 e. The number of rotatable bonds is 2. The number of ether oxygens (including phenoxy) is 1. The molecule has 0 radical (unpaired) electrons. The molecule has 21 heavy (non-hydrogen) atoms. The summed E-state index contributed by atoms with van der Waals surface area (Å²) in [6, 6.07) is 6.82. The summed E-state index contributed by atoms with van der Waals surface area (Å²) in [4.78, 5) is 23.2. The Morgan fingerprint density at radius 1 is 1.29 bits per heavy atom. The summed E-state index contributed by atoms with van der Waals surface area (Å²) in [6.07, 6.45) is -0.297. The topological polar surface area (TPSA) is 78.9 Å². The number of carboxylic acids is 1. The lowest BCUT2D eigenvalue weighted by molar-refractivity contribution is -0.145. The Balaban J connectivity index is 2.14. The molecule has 0 bridgehead atoms. The van der Waals surface area contributed by atoms with Crippen molar-refractivity contribution in [3.8, 4) is 0 Å². The molecule has 1 heterocycles. The fraction of sp³-hybridized carbons (Fsp3) is 0.467. The lowest BCUT2D eigenvalue weighted by Gasteiger charge is -2.34. The van der Waals surface area contributed by atoms with Crippen molar-refractivity contribution in [3.05, 3.63) is 35.4 Å². The van der Waals surface area contributed by atoms with Crippen LogP contribution in [0.25, 0.3) is 0 Å². The van der Waals surface area contributed by atoms with Gasteiger partial charge in [-0.3, -0.25) is 10.2 Å². The van der Waals surface area contributed by atoms with Crippen molar-refractivity contribution in [2.45, 2.75) is 45.4 Å². The van der Waals surface area contributed by atoms with E-state index in [0.29, 0.717) is 13.0 Å². The van der Waals surface area contributed by atoms with Gasteiger partial charge in [0.05, 0.1) is 0 Å². The predicted molar refractivity (Wildman–Crippen MR) is 76.5 cm³/mol. The molecule has 0 fully saturated rings. The number of nitrogens with zero attached hydrogens (tertiary/aromatic N) is 1. The highest BCUT2D eigenvalue weighted by Gasteiger charge is 2.33. The molecule has 1 unspecified atom stereocenters. The minimum Gasteiger partial charge on any atom is -0.480 e. The van der Waals surface area contributed by atoms with Crippen LogP contribution >= 0.6 is 0 Å². The average Bonchev–Trinajstić information content (AvgIpc) is 2.35. The second-order valence-corrected chi connectivity index (χ2v) is 6.07. The third kappa shape index (κ3) is 3.95. The number of carbonyl (C=O) groups excluding carboxylic acids is 1. The summed E-state index contributed by atoms with van der Waals surface area (Å²) in [5.74, 6) is -0.972. The van der Waals surface area contributed by atoms with Crippen LogP contribution in [0.2, 0.25) is 0 Å². The highest BCUT2D eigenvalue weighted by atomic mass is 16.6. The van der Waals surface area contributed by atoms with Crippen LogP contribution in [0.3, 0.4) is 0 Å². The Morgan fingerprint density at radius 2 is 1.90 bits per heavy atom. The van der Waals surface area contributed by atoms with Crippen molar-refractivity contribution in [2.75, 3.05) is 0 Å². The molecule has 1 aromatic rings. The summed E-state index contributed by atoms with van der Waals surface area (Å²) in [6.45, 7) is 5.61. The molecule has 1 amide bonds. The second-order valence-electron chi connectivity index (χ2n) is 6.07. The van der Waals surface area contributed by atoms with Crippen LogP contribution in [-0.2, 0) is 22.5 Å². The zero-order valence-corrected chi connectivity index (χ0v) is 12.4. The van der Waals surface area contributed by atoms with Crippen molar-refractivity contribution in [3.63, 3.8) is 0 Å². The summed E-state index contributed by atoms with van der Waals surface area (Å²) in [5, 5.41) is 10.8. The zero-order chi connectivity index (χ0) is 15.6. The average molecular weight is 292 g/mol. The molecular formula is C15H20N2O4. The minimum absolute atomic E-state index is 0.340. The number of carbonyl (C=O) groups is 2. The monoisotopic (exact) mass is 292 g/mol. The molecule has 1 aromatic carbocycles. The maximum atomic E-state index is 11.8. The molecule has 0 aliphatic carbocycles. The first-order chi connectivity index (χ1) is 9.76. The number of carboxylic acid groups (broad SMARTS) is 1. The van der Waals surface area contributed by atoms with E-state index < -0.39 is 23.7 Å². The Morgan fingerprint density at radius 3 is 2.48 bits per heavy atom. The van der Waals surface area contributed by atoms with E-state index in [0.717, 1.165) is 11.1 Å². The molecular weight excluding hydrogens is 272 g/mol. The van der Waals surface area contributed by atoms with E-state index >= 15 is 0 Å². The van der Waals surface area contributed by atoms with Crippen molar-refractivity contribution >= 4 is 12.1 Å². The van der Waals surface area contributed by atoms with Crippen molar-refractivity contribution in [1.29, 1.82) is 0 Å². The van der Waals surface area contributed by atoms with Crippen molar-refractivity contribution in [1.82, 2.24) is 10.4 Å².